The number of Topliss-reactive ketones (excluding diaryl/α,β-unsaturated/α-hetero) is 1. The van der Waals surface area contributed by atoms with Crippen molar-refractivity contribution in [3.05, 3.63) is 77.3 Å². The summed E-state index contributed by atoms with van der Waals surface area (Å²) in [4.78, 5) is 41.3. The standard InChI is InChI=1S/C27H29N5O2S/c1-2-21(33)8-4-3-5-10-23(32-27(34)25-17-28-18-35-25)26-30-16-24(31-26)20-13-11-19(12-14-20)22-9-6-7-15-29-22/h6-7,9,11-18,23H,2-5,8,10H2,1H3,(H,30,31)(H,32,34)/t23-/m0/s1. The molecule has 0 saturated heterocycles. The summed E-state index contributed by atoms with van der Waals surface area (Å²) in [5.74, 6) is 0.859. The quantitative estimate of drug-likeness (QED) is 0.239. The number of ketones is 1. The molecule has 0 aliphatic rings. The van der Waals surface area contributed by atoms with E-state index >= 15 is 0 Å². The lowest BCUT2D eigenvalue weighted by atomic mass is 10.0. The van der Waals surface area contributed by atoms with Crippen molar-refractivity contribution in [2.75, 3.05) is 0 Å². The number of thiazole rings is 1. The van der Waals surface area contributed by atoms with E-state index in [1.165, 1.54) is 11.3 Å². The van der Waals surface area contributed by atoms with Crippen molar-refractivity contribution in [1.29, 1.82) is 0 Å². The highest BCUT2D eigenvalue weighted by Gasteiger charge is 2.20. The smallest absolute Gasteiger partial charge is 0.263 e. The first-order valence-corrected chi connectivity index (χ1v) is 12.8. The zero-order valence-electron chi connectivity index (χ0n) is 19.7. The molecule has 0 aliphatic heterocycles. The number of rotatable bonds is 12. The molecule has 2 N–H and O–H groups in total. The number of aromatic amines is 1. The topological polar surface area (TPSA) is 101 Å². The molecule has 0 saturated carbocycles. The van der Waals surface area contributed by atoms with Crippen LogP contribution >= 0.6 is 11.3 Å². The van der Waals surface area contributed by atoms with Crippen LogP contribution in [0, 0.1) is 0 Å². The summed E-state index contributed by atoms with van der Waals surface area (Å²) >= 11 is 1.31. The van der Waals surface area contributed by atoms with E-state index in [0.717, 1.165) is 54.0 Å². The normalized spacial score (nSPS) is 11.8. The summed E-state index contributed by atoms with van der Waals surface area (Å²) in [5.41, 5.74) is 5.52. The van der Waals surface area contributed by atoms with E-state index in [9.17, 15) is 9.59 Å². The minimum atomic E-state index is -0.256. The Hall–Kier alpha value is -3.65. The summed E-state index contributed by atoms with van der Waals surface area (Å²) in [6.07, 6.45) is 9.79. The first-order valence-electron chi connectivity index (χ1n) is 11.9. The summed E-state index contributed by atoms with van der Waals surface area (Å²) < 4.78 is 0. The van der Waals surface area contributed by atoms with Crippen molar-refractivity contribution in [3.63, 3.8) is 0 Å². The summed E-state index contributed by atoms with van der Waals surface area (Å²) in [7, 11) is 0. The third-order valence-electron chi connectivity index (χ3n) is 5.89. The summed E-state index contributed by atoms with van der Waals surface area (Å²) in [6.45, 7) is 1.90. The van der Waals surface area contributed by atoms with Crippen molar-refractivity contribution in [2.24, 2.45) is 0 Å². The molecular formula is C27H29N5O2S. The second-order valence-corrected chi connectivity index (χ2v) is 9.24. The Kier molecular flexibility index (Phi) is 8.51. The fourth-order valence-electron chi connectivity index (χ4n) is 3.87. The van der Waals surface area contributed by atoms with Gasteiger partial charge in [-0.15, -0.1) is 11.3 Å². The van der Waals surface area contributed by atoms with Gasteiger partial charge in [-0.3, -0.25) is 19.6 Å². The molecule has 1 amide bonds. The fraction of sp³-hybridized carbons (Fsp3) is 0.296. The molecule has 35 heavy (non-hydrogen) atoms. The minimum absolute atomic E-state index is 0.156. The molecule has 1 atom stereocenters. The van der Waals surface area contributed by atoms with Crippen LogP contribution in [0.5, 0.6) is 0 Å². The van der Waals surface area contributed by atoms with Crippen LogP contribution in [-0.4, -0.2) is 31.6 Å². The molecule has 180 valence electrons. The number of carbonyl (C=O) groups is 2. The number of nitrogens with zero attached hydrogens (tertiary/aromatic N) is 3. The monoisotopic (exact) mass is 487 g/mol. The minimum Gasteiger partial charge on any atom is -0.341 e. The molecule has 0 fully saturated rings. The van der Waals surface area contributed by atoms with Crippen molar-refractivity contribution in [3.8, 4) is 22.5 Å². The number of hydrogen-bond donors (Lipinski definition) is 2. The van der Waals surface area contributed by atoms with Crippen LogP contribution in [0.1, 0.15) is 67.0 Å². The Morgan fingerprint density at radius 3 is 2.54 bits per heavy atom. The Morgan fingerprint density at radius 1 is 1.00 bits per heavy atom. The summed E-state index contributed by atoms with van der Waals surface area (Å²) in [6, 6.07) is 13.8. The Bertz CT molecular complexity index is 1220. The van der Waals surface area contributed by atoms with Crippen molar-refractivity contribution < 1.29 is 9.59 Å². The van der Waals surface area contributed by atoms with Gasteiger partial charge in [-0.2, -0.15) is 0 Å². The molecular weight excluding hydrogens is 458 g/mol. The predicted octanol–water partition coefficient (Wildman–Crippen LogP) is 6.00. The Morgan fingerprint density at radius 2 is 1.83 bits per heavy atom. The highest BCUT2D eigenvalue weighted by atomic mass is 32.1. The number of unbranched alkanes of at least 4 members (excludes halogenated alkanes) is 2. The van der Waals surface area contributed by atoms with E-state index in [1.807, 2.05) is 49.4 Å². The highest BCUT2D eigenvalue weighted by Crippen LogP contribution is 2.25. The Balaban J connectivity index is 1.45. The molecule has 7 nitrogen and oxygen atoms in total. The molecule has 3 heterocycles. The number of pyridine rings is 1. The van der Waals surface area contributed by atoms with Crippen molar-refractivity contribution >= 4 is 23.0 Å². The lowest BCUT2D eigenvalue weighted by molar-refractivity contribution is -0.118. The molecule has 1 aromatic carbocycles. The van der Waals surface area contributed by atoms with Gasteiger partial charge < -0.3 is 10.3 Å². The van der Waals surface area contributed by atoms with Crippen molar-refractivity contribution in [2.45, 2.75) is 51.5 Å². The van der Waals surface area contributed by atoms with E-state index in [1.54, 1.807) is 24.1 Å². The number of benzene rings is 1. The largest absolute Gasteiger partial charge is 0.341 e. The molecule has 0 spiro atoms. The van der Waals surface area contributed by atoms with Gasteiger partial charge in [0.1, 0.15) is 16.5 Å². The molecule has 0 bridgehead atoms. The van der Waals surface area contributed by atoms with Gasteiger partial charge in [0.15, 0.2) is 0 Å². The number of nitrogens with one attached hydrogen (secondary N) is 2. The number of H-pyrrole nitrogens is 1. The zero-order chi connectivity index (χ0) is 24.5. The lowest BCUT2D eigenvalue weighted by Gasteiger charge is -2.16. The van der Waals surface area contributed by atoms with Gasteiger partial charge in [-0.05, 0) is 30.5 Å². The van der Waals surface area contributed by atoms with Crippen LogP contribution in [0.25, 0.3) is 22.5 Å². The first kappa shape index (κ1) is 24.5. The molecule has 0 radical (unpaired) electrons. The molecule has 3 aromatic heterocycles. The van der Waals surface area contributed by atoms with Gasteiger partial charge in [-0.1, -0.05) is 50.1 Å². The first-order chi connectivity index (χ1) is 17.1. The van der Waals surface area contributed by atoms with Gasteiger partial charge in [0, 0.05) is 24.6 Å². The van der Waals surface area contributed by atoms with Gasteiger partial charge in [-0.25, -0.2) is 4.98 Å². The highest BCUT2D eigenvalue weighted by molar-refractivity contribution is 7.11. The zero-order valence-corrected chi connectivity index (χ0v) is 20.6. The maximum Gasteiger partial charge on any atom is 0.263 e. The number of aromatic nitrogens is 4. The molecule has 8 heteroatoms. The van der Waals surface area contributed by atoms with Gasteiger partial charge in [0.05, 0.1) is 35.3 Å². The molecule has 4 rings (SSSR count). The van der Waals surface area contributed by atoms with E-state index in [0.29, 0.717) is 23.5 Å². The molecule has 4 aromatic rings. The lowest BCUT2D eigenvalue weighted by Crippen LogP contribution is -2.28. The summed E-state index contributed by atoms with van der Waals surface area (Å²) in [5, 5.41) is 3.10. The number of amides is 1. The van der Waals surface area contributed by atoms with Gasteiger partial charge in [0.2, 0.25) is 0 Å². The Labute approximate surface area is 209 Å². The van der Waals surface area contributed by atoms with E-state index < -0.39 is 0 Å². The van der Waals surface area contributed by atoms with E-state index in [2.05, 4.69) is 25.3 Å². The average Bonchev–Trinajstić information content (AvgIpc) is 3.61. The second kappa shape index (κ2) is 12.2. The van der Waals surface area contributed by atoms with Crippen molar-refractivity contribution in [1.82, 2.24) is 25.3 Å². The third-order valence-corrected chi connectivity index (χ3v) is 6.66. The number of hydrogen-bond acceptors (Lipinski definition) is 6. The number of imidazole rings is 1. The molecule has 0 unspecified atom stereocenters. The maximum absolute atomic E-state index is 12.7. The SMILES string of the molecule is CCC(=O)CCCCC[C@H](NC(=O)c1cncs1)c1ncc(-c2ccc(-c3ccccn3)cc2)[nH]1. The molecule has 0 aliphatic carbocycles. The fourth-order valence-corrected chi connectivity index (χ4v) is 4.40. The third kappa shape index (κ3) is 6.70. The van der Waals surface area contributed by atoms with Gasteiger partial charge in [0.25, 0.3) is 5.91 Å². The predicted molar refractivity (Wildman–Crippen MR) is 138 cm³/mol. The average molecular weight is 488 g/mol. The van der Waals surface area contributed by atoms with Crippen LogP contribution in [0.4, 0.5) is 0 Å². The van der Waals surface area contributed by atoms with Crippen LogP contribution in [0.2, 0.25) is 0 Å². The number of carbonyl (C=O) groups excluding carboxylic acids is 2. The van der Waals surface area contributed by atoms with E-state index in [-0.39, 0.29) is 11.9 Å². The van der Waals surface area contributed by atoms with Crippen LogP contribution in [0.15, 0.2) is 66.6 Å². The van der Waals surface area contributed by atoms with Crippen LogP contribution in [-0.2, 0) is 4.79 Å². The maximum atomic E-state index is 12.7. The van der Waals surface area contributed by atoms with Crippen LogP contribution in [0.3, 0.4) is 0 Å². The second-order valence-electron chi connectivity index (χ2n) is 8.36. The van der Waals surface area contributed by atoms with E-state index in [4.69, 9.17) is 0 Å². The van der Waals surface area contributed by atoms with Crippen LogP contribution < -0.4 is 5.32 Å². The van der Waals surface area contributed by atoms with Gasteiger partial charge >= 0.3 is 0 Å².